The third-order valence-electron chi connectivity index (χ3n) is 2.44. The molecule has 7 heteroatoms. The Morgan fingerprint density at radius 1 is 1.15 bits per heavy atom. The van der Waals surface area contributed by atoms with Crippen LogP contribution in [0, 0.1) is 11.6 Å². The van der Waals surface area contributed by atoms with E-state index >= 15 is 0 Å². The van der Waals surface area contributed by atoms with E-state index in [1.807, 2.05) is 0 Å². The minimum Gasteiger partial charge on any atom is -0.453 e. The van der Waals surface area contributed by atoms with Gasteiger partial charge in [-0.25, -0.2) is 8.78 Å². The average molecular weight is 299 g/mol. The average Bonchev–Trinajstić information content (AvgIpc) is 2.41. The fourth-order valence-corrected chi connectivity index (χ4v) is 1.68. The smallest absolute Gasteiger partial charge is 0.173 e. The van der Waals surface area contributed by atoms with Crippen LogP contribution in [0.5, 0.6) is 11.5 Å². The van der Waals surface area contributed by atoms with Gasteiger partial charge in [-0.15, -0.1) is 0 Å². The van der Waals surface area contributed by atoms with Crippen molar-refractivity contribution in [2.24, 2.45) is 10.9 Å². The highest BCUT2D eigenvalue weighted by Gasteiger charge is 2.13. The predicted octanol–water partition coefficient (Wildman–Crippen LogP) is 3.51. The van der Waals surface area contributed by atoms with Crippen LogP contribution in [0.4, 0.5) is 8.78 Å². The van der Waals surface area contributed by atoms with Crippen molar-refractivity contribution in [2.75, 3.05) is 0 Å². The van der Waals surface area contributed by atoms with Gasteiger partial charge in [0, 0.05) is 17.2 Å². The molecule has 20 heavy (non-hydrogen) atoms. The Kier molecular flexibility index (Phi) is 4.05. The van der Waals surface area contributed by atoms with Crippen molar-refractivity contribution in [3.05, 3.63) is 58.6 Å². The molecule has 2 rings (SSSR count). The van der Waals surface area contributed by atoms with Gasteiger partial charge in [-0.05, 0) is 24.3 Å². The van der Waals surface area contributed by atoms with Gasteiger partial charge < -0.3 is 15.7 Å². The Morgan fingerprint density at radius 2 is 1.90 bits per heavy atom. The van der Waals surface area contributed by atoms with Gasteiger partial charge in [0.05, 0.1) is 5.56 Å². The van der Waals surface area contributed by atoms with E-state index in [0.717, 1.165) is 12.1 Å². The minimum atomic E-state index is -0.879. The molecule has 0 atom stereocenters. The number of benzene rings is 2. The Bertz CT molecular complexity index is 677. The lowest BCUT2D eigenvalue weighted by Gasteiger charge is -2.11. The maximum absolute atomic E-state index is 13.5. The number of halogens is 3. The van der Waals surface area contributed by atoms with E-state index in [-0.39, 0.29) is 22.9 Å². The third-order valence-corrected chi connectivity index (χ3v) is 2.68. The second kappa shape index (κ2) is 5.75. The van der Waals surface area contributed by atoms with Crippen LogP contribution < -0.4 is 10.5 Å². The molecule has 0 bridgehead atoms. The van der Waals surface area contributed by atoms with Crippen LogP contribution in [0.2, 0.25) is 5.02 Å². The molecule has 0 amide bonds. The van der Waals surface area contributed by atoms with Crippen LogP contribution in [-0.2, 0) is 0 Å². The predicted molar refractivity (Wildman–Crippen MR) is 70.4 cm³/mol. The summed E-state index contributed by atoms with van der Waals surface area (Å²) >= 11 is 5.82. The second-order valence-electron chi connectivity index (χ2n) is 3.80. The Morgan fingerprint density at radius 3 is 2.55 bits per heavy atom. The van der Waals surface area contributed by atoms with Gasteiger partial charge >= 0.3 is 0 Å². The molecular weight excluding hydrogens is 290 g/mol. The molecule has 0 spiro atoms. The van der Waals surface area contributed by atoms with E-state index in [4.69, 9.17) is 27.3 Å². The van der Waals surface area contributed by atoms with Crippen molar-refractivity contribution in [2.45, 2.75) is 0 Å². The van der Waals surface area contributed by atoms with Gasteiger partial charge in [0.15, 0.2) is 17.4 Å². The van der Waals surface area contributed by atoms with Crippen molar-refractivity contribution < 1.29 is 18.7 Å². The number of hydrogen-bond acceptors (Lipinski definition) is 3. The molecule has 0 aliphatic heterocycles. The SMILES string of the molecule is NC(=NO)c1ccc(Cl)cc1Oc1ccc(F)cc1F. The fourth-order valence-electron chi connectivity index (χ4n) is 1.52. The second-order valence-corrected chi connectivity index (χ2v) is 4.24. The highest BCUT2D eigenvalue weighted by atomic mass is 35.5. The first-order chi connectivity index (χ1) is 9.51. The van der Waals surface area contributed by atoms with Crippen LogP contribution in [0.25, 0.3) is 0 Å². The van der Waals surface area contributed by atoms with E-state index in [9.17, 15) is 8.78 Å². The molecule has 0 aliphatic rings. The van der Waals surface area contributed by atoms with Crippen LogP contribution in [0.15, 0.2) is 41.6 Å². The molecule has 4 nitrogen and oxygen atoms in total. The number of ether oxygens (including phenoxy) is 1. The van der Waals surface area contributed by atoms with E-state index < -0.39 is 11.6 Å². The Hall–Kier alpha value is -2.34. The van der Waals surface area contributed by atoms with Gasteiger partial charge in [0.1, 0.15) is 11.6 Å². The summed E-state index contributed by atoms with van der Waals surface area (Å²) in [6, 6.07) is 7.19. The van der Waals surface area contributed by atoms with E-state index in [1.165, 1.54) is 18.2 Å². The highest BCUT2D eigenvalue weighted by Crippen LogP contribution is 2.30. The van der Waals surface area contributed by atoms with Crippen molar-refractivity contribution in [1.82, 2.24) is 0 Å². The number of hydrogen-bond donors (Lipinski definition) is 2. The van der Waals surface area contributed by atoms with Gasteiger partial charge in [0.2, 0.25) is 0 Å². The molecule has 0 aliphatic carbocycles. The zero-order valence-corrected chi connectivity index (χ0v) is 10.7. The van der Waals surface area contributed by atoms with Crippen LogP contribution in [0.1, 0.15) is 5.56 Å². The monoisotopic (exact) mass is 298 g/mol. The summed E-state index contributed by atoms with van der Waals surface area (Å²) in [4.78, 5) is 0. The number of rotatable bonds is 3. The molecule has 0 radical (unpaired) electrons. The van der Waals surface area contributed by atoms with E-state index in [2.05, 4.69) is 5.16 Å². The summed E-state index contributed by atoms with van der Waals surface area (Å²) in [5.41, 5.74) is 5.71. The molecule has 2 aromatic carbocycles. The molecule has 0 saturated heterocycles. The molecule has 104 valence electrons. The first-order valence-corrected chi connectivity index (χ1v) is 5.79. The summed E-state index contributed by atoms with van der Waals surface area (Å²) in [6.07, 6.45) is 0. The molecule has 0 unspecified atom stereocenters. The topological polar surface area (TPSA) is 67.8 Å². The third kappa shape index (κ3) is 2.97. The fraction of sp³-hybridized carbons (Fsp3) is 0. The number of nitrogens with zero attached hydrogens (tertiary/aromatic N) is 1. The zero-order valence-electron chi connectivity index (χ0n) is 9.98. The maximum Gasteiger partial charge on any atom is 0.173 e. The van der Waals surface area contributed by atoms with Crippen molar-refractivity contribution in [3.63, 3.8) is 0 Å². The quantitative estimate of drug-likeness (QED) is 0.394. The van der Waals surface area contributed by atoms with Crippen molar-refractivity contribution in [1.29, 1.82) is 0 Å². The van der Waals surface area contributed by atoms with E-state index in [0.29, 0.717) is 11.1 Å². The molecule has 0 fully saturated rings. The molecular formula is C13H9ClF2N2O2. The standard InChI is InChI=1S/C13H9ClF2N2O2/c14-7-1-3-9(13(17)18-19)12(5-7)20-11-4-2-8(15)6-10(11)16/h1-6,19H,(H2,17,18). The molecule has 2 aromatic rings. The zero-order chi connectivity index (χ0) is 14.7. The molecule has 0 heterocycles. The number of oxime groups is 1. The van der Waals surface area contributed by atoms with Crippen LogP contribution >= 0.6 is 11.6 Å². The minimum absolute atomic E-state index is 0.0818. The van der Waals surface area contributed by atoms with Crippen LogP contribution in [0.3, 0.4) is 0 Å². The van der Waals surface area contributed by atoms with Crippen molar-refractivity contribution >= 4 is 17.4 Å². The lowest BCUT2D eigenvalue weighted by Crippen LogP contribution is -2.14. The normalized spacial score (nSPS) is 11.4. The van der Waals surface area contributed by atoms with Gasteiger partial charge in [-0.2, -0.15) is 0 Å². The summed E-state index contributed by atoms with van der Waals surface area (Å²) in [5, 5.41) is 11.9. The highest BCUT2D eigenvalue weighted by molar-refractivity contribution is 6.30. The first kappa shape index (κ1) is 14.1. The van der Waals surface area contributed by atoms with Crippen molar-refractivity contribution in [3.8, 4) is 11.5 Å². The lowest BCUT2D eigenvalue weighted by atomic mass is 10.2. The first-order valence-electron chi connectivity index (χ1n) is 5.41. The molecule has 3 N–H and O–H groups in total. The van der Waals surface area contributed by atoms with Gasteiger partial charge in [0.25, 0.3) is 0 Å². The Labute approximate surface area is 118 Å². The largest absolute Gasteiger partial charge is 0.453 e. The summed E-state index contributed by atoms with van der Waals surface area (Å²) in [7, 11) is 0. The molecule has 0 saturated carbocycles. The number of nitrogens with two attached hydrogens (primary N) is 1. The number of amidine groups is 1. The van der Waals surface area contributed by atoms with Crippen LogP contribution in [-0.4, -0.2) is 11.0 Å². The van der Waals surface area contributed by atoms with Gasteiger partial charge in [-0.3, -0.25) is 0 Å². The Balaban J connectivity index is 2.44. The van der Waals surface area contributed by atoms with Gasteiger partial charge in [-0.1, -0.05) is 16.8 Å². The molecule has 0 aromatic heterocycles. The maximum atomic E-state index is 13.5. The summed E-state index contributed by atoms with van der Waals surface area (Å²) in [5.74, 6) is -1.95. The summed E-state index contributed by atoms with van der Waals surface area (Å²) < 4.78 is 31.7. The van der Waals surface area contributed by atoms with E-state index in [1.54, 1.807) is 0 Å². The lowest BCUT2D eigenvalue weighted by molar-refractivity contribution is 0.318. The summed E-state index contributed by atoms with van der Waals surface area (Å²) in [6.45, 7) is 0.